The van der Waals surface area contributed by atoms with E-state index < -0.39 is 17.6 Å². The standard InChI is InChI=1S/C19H21F3N2O3/c1-3-9-27-17-8-7-13(19(20,21)22)10-16(17)23-12-18(25)24-14-5-4-6-15(11-14)26-2/h4-8,10-11,23H,3,9,12H2,1-2H3,(H,24,25). The number of carbonyl (C=O) groups is 1. The van der Waals surface area contributed by atoms with Crippen LogP contribution in [-0.2, 0) is 11.0 Å². The normalized spacial score (nSPS) is 11.0. The topological polar surface area (TPSA) is 59.6 Å². The van der Waals surface area contributed by atoms with Crippen LogP contribution in [0.15, 0.2) is 42.5 Å². The zero-order valence-electron chi connectivity index (χ0n) is 15.0. The molecular weight excluding hydrogens is 361 g/mol. The van der Waals surface area contributed by atoms with E-state index >= 15 is 0 Å². The van der Waals surface area contributed by atoms with Gasteiger partial charge in [-0.1, -0.05) is 13.0 Å². The van der Waals surface area contributed by atoms with E-state index in [4.69, 9.17) is 9.47 Å². The van der Waals surface area contributed by atoms with Gasteiger partial charge in [-0.3, -0.25) is 4.79 Å². The highest BCUT2D eigenvalue weighted by Crippen LogP contribution is 2.35. The molecule has 0 aliphatic rings. The Balaban J connectivity index is 2.08. The molecule has 0 unspecified atom stereocenters. The summed E-state index contributed by atoms with van der Waals surface area (Å²) < 4.78 is 49.4. The molecule has 0 bridgehead atoms. The zero-order chi connectivity index (χ0) is 19.9. The summed E-state index contributed by atoms with van der Waals surface area (Å²) in [6, 6.07) is 9.90. The van der Waals surface area contributed by atoms with Crippen molar-refractivity contribution in [3.8, 4) is 11.5 Å². The fourth-order valence-corrected chi connectivity index (χ4v) is 2.26. The predicted octanol–water partition coefficient (Wildman–Crippen LogP) is 4.55. The van der Waals surface area contributed by atoms with E-state index in [0.29, 0.717) is 24.5 Å². The molecule has 146 valence electrons. The Morgan fingerprint density at radius 2 is 1.93 bits per heavy atom. The molecule has 27 heavy (non-hydrogen) atoms. The Morgan fingerprint density at radius 3 is 2.59 bits per heavy atom. The summed E-state index contributed by atoms with van der Waals surface area (Å²) in [6.45, 7) is 2.02. The number of hydrogen-bond donors (Lipinski definition) is 2. The summed E-state index contributed by atoms with van der Waals surface area (Å²) >= 11 is 0. The van der Waals surface area contributed by atoms with Crippen LogP contribution < -0.4 is 20.1 Å². The van der Waals surface area contributed by atoms with Crippen LogP contribution in [0.1, 0.15) is 18.9 Å². The van der Waals surface area contributed by atoms with Gasteiger partial charge in [0, 0.05) is 11.8 Å². The molecule has 5 nitrogen and oxygen atoms in total. The Kier molecular flexibility index (Phi) is 6.92. The van der Waals surface area contributed by atoms with Crippen LogP contribution in [0.2, 0.25) is 0 Å². The van der Waals surface area contributed by atoms with Gasteiger partial charge < -0.3 is 20.1 Å². The molecule has 8 heteroatoms. The first kappa shape index (κ1) is 20.4. The minimum atomic E-state index is -4.48. The largest absolute Gasteiger partial charge is 0.497 e. The Hall–Kier alpha value is -2.90. The summed E-state index contributed by atoms with van der Waals surface area (Å²) in [5.41, 5.74) is -0.186. The van der Waals surface area contributed by atoms with E-state index in [-0.39, 0.29) is 18.0 Å². The van der Waals surface area contributed by atoms with E-state index in [1.807, 2.05) is 6.92 Å². The molecule has 0 aliphatic carbocycles. The van der Waals surface area contributed by atoms with Crippen molar-refractivity contribution in [3.05, 3.63) is 48.0 Å². The number of rotatable bonds is 8. The molecule has 0 atom stereocenters. The summed E-state index contributed by atoms with van der Waals surface area (Å²) in [6.07, 6.45) is -3.78. The molecule has 0 aliphatic heterocycles. The lowest BCUT2D eigenvalue weighted by molar-refractivity contribution is -0.137. The summed E-state index contributed by atoms with van der Waals surface area (Å²) in [7, 11) is 1.51. The van der Waals surface area contributed by atoms with Gasteiger partial charge in [-0.25, -0.2) is 0 Å². The van der Waals surface area contributed by atoms with Crippen LogP contribution in [0.3, 0.4) is 0 Å². The summed E-state index contributed by atoms with van der Waals surface area (Å²) in [5.74, 6) is 0.426. The predicted molar refractivity (Wildman–Crippen MR) is 97.3 cm³/mol. The third-order valence-electron chi connectivity index (χ3n) is 3.56. The SMILES string of the molecule is CCCOc1ccc(C(F)(F)F)cc1NCC(=O)Nc1cccc(OC)c1. The maximum atomic E-state index is 12.9. The molecular formula is C19H21F3N2O3. The third kappa shape index (κ3) is 6.09. The first-order chi connectivity index (χ1) is 12.8. The molecule has 0 fully saturated rings. The zero-order valence-corrected chi connectivity index (χ0v) is 15.0. The molecule has 0 spiro atoms. The second-order valence-corrected chi connectivity index (χ2v) is 5.69. The van der Waals surface area contributed by atoms with Gasteiger partial charge in [0.2, 0.25) is 5.91 Å². The highest BCUT2D eigenvalue weighted by Gasteiger charge is 2.31. The van der Waals surface area contributed by atoms with E-state index in [0.717, 1.165) is 12.1 Å². The van der Waals surface area contributed by atoms with Gasteiger partial charge in [-0.05, 0) is 36.8 Å². The monoisotopic (exact) mass is 382 g/mol. The second-order valence-electron chi connectivity index (χ2n) is 5.69. The molecule has 0 saturated carbocycles. The Morgan fingerprint density at radius 1 is 1.15 bits per heavy atom. The number of ether oxygens (including phenoxy) is 2. The fourth-order valence-electron chi connectivity index (χ4n) is 2.26. The number of amides is 1. The van der Waals surface area contributed by atoms with Crippen LogP contribution in [0, 0.1) is 0 Å². The van der Waals surface area contributed by atoms with E-state index in [1.54, 1.807) is 24.3 Å². The van der Waals surface area contributed by atoms with Crippen LogP contribution in [0.4, 0.5) is 24.5 Å². The van der Waals surface area contributed by atoms with Crippen LogP contribution >= 0.6 is 0 Å². The number of hydrogen-bond acceptors (Lipinski definition) is 4. The van der Waals surface area contributed by atoms with Gasteiger partial charge >= 0.3 is 6.18 Å². The van der Waals surface area contributed by atoms with E-state index in [2.05, 4.69) is 10.6 Å². The quantitative estimate of drug-likeness (QED) is 0.703. The van der Waals surface area contributed by atoms with Crippen LogP contribution in [0.25, 0.3) is 0 Å². The van der Waals surface area contributed by atoms with Gasteiger partial charge in [0.15, 0.2) is 0 Å². The molecule has 0 heterocycles. The van der Waals surface area contributed by atoms with Gasteiger partial charge in [-0.15, -0.1) is 0 Å². The van der Waals surface area contributed by atoms with Crippen molar-refractivity contribution in [2.75, 3.05) is 30.9 Å². The fraction of sp³-hybridized carbons (Fsp3) is 0.316. The lowest BCUT2D eigenvalue weighted by Crippen LogP contribution is -2.22. The van der Waals surface area contributed by atoms with Gasteiger partial charge in [0.25, 0.3) is 0 Å². The van der Waals surface area contributed by atoms with Crippen LogP contribution in [-0.4, -0.2) is 26.2 Å². The third-order valence-corrected chi connectivity index (χ3v) is 3.56. The second kappa shape index (κ2) is 9.16. The number of benzene rings is 2. The lowest BCUT2D eigenvalue weighted by Gasteiger charge is -2.16. The first-order valence-electron chi connectivity index (χ1n) is 8.35. The molecule has 2 aromatic carbocycles. The maximum absolute atomic E-state index is 12.9. The highest BCUT2D eigenvalue weighted by atomic mass is 19.4. The molecule has 2 aromatic rings. The van der Waals surface area contributed by atoms with Crippen molar-refractivity contribution in [2.45, 2.75) is 19.5 Å². The maximum Gasteiger partial charge on any atom is 0.416 e. The number of alkyl halides is 3. The lowest BCUT2D eigenvalue weighted by atomic mass is 10.1. The number of methoxy groups -OCH3 is 1. The van der Waals surface area contributed by atoms with Crippen molar-refractivity contribution in [2.24, 2.45) is 0 Å². The number of halogens is 3. The van der Waals surface area contributed by atoms with Crippen molar-refractivity contribution in [1.29, 1.82) is 0 Å². The molecule has 0 radical (unpaired) electrons. The number of carbonyl (C=O) groups excluding carboxylic acids is 1. The van der Waals surface area contributed by atoms with Crippen molar-refractivity contribution in [1.82, 2.24) is 0 Å². The number of anilines is 2. The first-order valence-corrected chi connectivity index (χ1v) is 8.35. The smallest absolute Gasteiger partial charge is 0.416 e. The molecule has 2 N–H and O–H groups in total. The number of nitrogens with one attached hydrogen (secondary N) is 2. The van der Waals surface area contributed by atoms with Crippen molar-refractivity contribution >= 4 is 17.3 Å². The van der Waals surface area contributed by atoms with Gasteiger partial charge in [-0.2, -0.15) is 13.2 Å². The molecule has 2 rings (SSSR count). The summed E-state index contributed by atoms with van der Waals surface area (Å²) in [5, 5.41) is 5.36. The Bertz CT molecular complexity index is 779. The van der Waals surface area contributed by atoms with E-state index in [9.17, 15) is 18.0 Å². The average molecular weight is 382 g/mol. The Labute approximate surface area is 155 Å². The molecule has 0 aromatic heterocycles. The van der Waals surface area contributed by atoms with E-state index in [1.165, 1.54) is 13.2 Å². The van der Waals surface area contributed by atoms with Crippen LogP contribution in [0.5, 0.6) is 11.5 Å². The molecule has 0 saturated heterocycles. The average Bonchev–Trinajstić information content (AvgIpc) is 2.64. The highest BCUT2D eigenvalue weighted by molar-refractivity contribution is 5.94. The minimum absolute atomic E-state index is 0.110. The van der Waals surface area contributed by atoms with Gasteiger partial charge in [0.05, 0.1) is 31.5 Å². The minimum Gasteiger partial charge on any atom is -0.497 e. The van der Waals surface area contributed by atoms with Gasteiger partial charge in [0.1, 0.15) is 11.5 Å². The molecule has 1 amide bonds. The van der Waals surface area contributed by atoms with Crippen molar-refractivity contribution in [3.63, 3.8) is 0 Å². The summed E-state index contributed by atoms with van der Waals surface area (Å²) in [4.78, 5) is 12.1. The van der Waals surface area contributed by atoms with Crippen molar-refractivity contribution < 1.29 is 27.4 Å².